The average molecular weight is 361 g/mol. The van der Waals surface area contributed by atoms with Gasteiger partial charge in [-0.3, -0.25) is 9.59 Å². The Morgan fingerprint density at radius 1 is 1.19 bits per heavy atom. The molecule has 0 saturated carbocycles. The van der Waals surface area contributed by atoms with E-state index in [0.717, 1.165) is 29.8 Å². The molecule has 0 bridgehead atoms. The quantitative estimate of drug-likeness (QED) is 0.887. The van der Waals surface area contributed by atoms with Crippen LogP contribution >= 0.6 is 0 Å². The first-order valence-electron chi connectivity index (χ1n) is 9.18. The van der Waals surface area contributed by atoms with E-state index in [4.69, 9.17) is 5.26 Å². The van der Waals surface area contributed by atoms with E-state index < -0.39 is 0 Å². The Balaban J connectivity index is 1.63. The van der Waals surface area contributed by atoms with Crippen molar-refractivity contribution in [2.75, 3.05) is 11.4 Å². The van der Waals surface area contributed by atoms with Gasteiger partial charge in [0.05, 0.1) is 11.6 Å². The second kappa shape index (κ2) is 8.05. The second-order valence-electron chi connectivity index (χ2n) is 7.23. The minimum absolute atomic E-state index is 0.172. The number of fused-ring (bicyclic) bond motifs is 1. The highest BCUT2D eigenvalue weighted by Crippen LogP contribution is 2.30. The molecule has 27 heavy (non-hydrogen) atoms. The zero-order valence-corrected chi connectivity index (χ0v) is 15.7. The minimum atomic E-state index is -0.172. The molecule has 138 valence electrons. The Labute approximate surface area is 159 Å². The average Bonchev–Trinajstić information content (AvgIpc) is 3.09. The fraction of sp³-hybridized carbons (Fsp3) is 0.318. The Morgan fingerprint density at radius 3 is 2.59 bits per heavy atom. The van der Waals surface area contributed by atoms with Gasteiger partial charge in [0.1, 0.15) is 0 Å². The summed E-state index contributed by atoms with van der Waals surface area (Å²) in [6.45, 7) is 5.25. The molecular weight excluding hydrogens is 338 g/mol. The maximum absolute atomic E-state index is 12.4. The first-order chi connectivity index (χ1) is 13.0. The van der Waals surface area contributed by atoms with E-state index in [2.05, 4.69) is 25.2 Å². The van der Waals surface area contributed by atoms with Crippen LogP contribution in [0.15, 0.2) is 42.5 Å². The number of amides is 2. The third kappa shape index (κ3) is 4.35. The van der Waals surface area contributed by atoms with E-state index in [1.807, 2.05) is 23.1 Å². The van der Waals surface area contributed by atoms with Gasteiger partial charge in [-0.05, 0) is 53.8 Å². The van der Waals surface area contributed by atoms with Crippen LogP contribution in [0.3, 0.4) is 0 Å². The van der Waals surface area contributed by atoms with Crippen molar-refractivity contribution in [2.45, 2.75) is 33.2 Å². The molecule has 0 atom stereocenters. The molecule has 0 unspecified atom stereocenters. The number of benzene rings is 2. The molecule has 1 aliphatic heterocycles. The molecule has 1 heterocycles. The van der Waals surface area contributed by atoms with Gasteiger partial charge in [-0.1, -0.05) is 26.0 Å². The largest absolute Gasteiger partial charge is 0.348 e. The predicted molar refractivity (Wildman–Crippen MR) is 104 cm³/mol. The summed E-state index contributed by atoms with van der Waals surface area (Å²) < 4.78 is 0. The zero-order chi connectivity index (χ0) is 19.4. The predicted octanol–water partition coefficient (Wildman–Crippen LogP) is 3.42. The van der Waals surface area contributed by atoms with Gasteiger partial charge >= 0.3 is 0 Å². The van der Waals surface area contributed by atoms with Crippen molar-refractivity contribution in [1.82, 2.24) is 5.32 Å². The molecule has 0 saturated heterocycles. The number of nitrogens with one attached hydrogen (secondary N) is 1. The van der Waals surface area contributed by atoms with Crippen LogP contribution in [0.2, 0.25) is 0 Å². The van der Waals surface area contributed by atoms with Gasteiger partial charge in [0.25, 0.3) is 5.91 Å². The van der Waals surface area contributed by atoms with Crippen LogP contribution in [0, 0.1) is 17.2 Å². The van der Waals surface area contributed by atoms with E-state index in [-0.39, 0.29) is 11.8 Å². The topological polar surface area (TPSA) is 73.2 Å². The molecule has 5 heteroatoms. The van der Waals surface area contributed by atoms with Crippen LogP contribution in [0.5, 0.6) is 0 Å². The second-order valence-corrected chi connectivity index (χ2v) is 7.23. The number of rotatable bonds is 5. The SMILES string of the molecule is CC(C)CC(=O)N1CCc2cc(CNC(=O)c3ccc(C#N)cc3)ccc21. The molecule has 3 rings (SSSR count). The lowest BCUT2D eigenvalue weighted by Gasteiger charge is -2.18. The van der Waals surface area contributed by atoms with Crippen LogP contribution < -0.4 is 10.2 Å². The van der Waals surface area contributed by atoms with Crippen molar-refractivity contribution >= 4 is 17.5 Å². The number of hydrogen-bond donors (Lipinski definition) is 1. The fourth-order valence-corrected chi connectivity index (χ4v) is 3.26. The van der Waals surface area contributed by atoms with Gasteiger partial charge in [0.15, 0.2) is 0 Å². The summed E-state index contributed by atoms with van der Waals surface area (Å²) in [5.41, 5.74) is 4.20. The minimum Gasteiger partial charge on any atom is -0.348 e. The highest BCUT2D eigenvalue weighted by atomic mass is 16.2. The Morgan fingerprint density at radius 2 is 1.93 bits per heavy atom. The Hall–Kier alpha value is -3.13. The van der Waals surface area contributed by atoms with Gasteiger partial charge in [0.2, 0.25) is 5.91 Å². The summed E-state index contributed by atoms with van der Waals surface area (Å²) in [5, 5.41) is 11.7. The van der Waals surface area contributed by atoms with Crippen LogP contribution in [-0.4, -0.2) is 18.4 Å². The third-order valence-corrected chi connectivity index (χ3v) is 4.65. The van der Waals surface area contributed by atoms with Gasteiger partial charge < -0.3 is 10.2 Å². The highest BCUT2D eigenvalue weighted by Gasteiger charge is 2.25. The van der Waals surface area contributed by atoms with Crippen LogP contribution in [0.1, 0.15) is 47.3 Å². The van der Waals surface area contributed by atoms with Gasteiger partial charge in [0, 0.05) is 30.8 Å². The van der Waals surface area contributed by atoms with Crippen LogP contribution in [-0.2, 0) is 17.8 Å². The van der Waals surface area contributed by atoms with Gasteiger partial charge in [-0.25, -0.2) is 0 Å². The smallest absolute Gasteiger partial charge is 0.251 e. The standard InChI is InChI=1S/C22H23N3O2/c1-15(2)11-21(26)25-10-9-19-12-17(5-8-20(19)25)14-24-22(27)18-6-3-16(13-23)4-7-18/h3-8,12,15H,9-11,14H2,1-2H3,(H,24,27). The molecule has 2 amide bonds. The molecule has 0 spiro atoms. The molecule has 0 aliphatic carbocycles. The first-order valence-corrected chi connectivity index (χ1v) is 9.18. The lowest BCUT2D eigenvalue weighted by atomic mass is 10.1. The Kier molecular flexibility index (Phi) is 5.56. The van der Waals surface area contributed by atoms with Gasteiger partial charge in [-0.2, -0.15) is 5.26 Å². The molecule has 0 radical (unpaired) electrons. The molecule has 2 aromatic rings. The van der Waals surface area contributed by atoms with Crippen molar-refractivity contribution in [3.63, 3.8) is 0 Å². The van der Waals surface area contributed by atoms with Gasteiger partial charge in [-0.15, -0.1) is 0 Å². The lowest BCUT2D eigenvalue weighted by Crippen LogP contribution is -2.29. The molecule has 1 N–H and O–H groups in total. The summed E-state index contributed by atoms with van der Waals surface area (Å²) in [6, 6.07) is 14.6. The maximum Gasteiger partial charge on any atom is 0.251 e. The van der Waals surface area contributed by atoms with E-state index >= 15 is 0 Å². The molecule has 0 aromatic heterocycles. The molecular formula is C22H23N3O2. The maximum atomic E-state index is 12.4. The van der Waals surface area contributed by atoms with Crippen molar-refractivity contribution in [1.29, 1.82) is 5.26 Å². The molecule has 0 fully saturated rings. The van der Waals surface area contributed by atoms with E-state index in [1.165, 1.54) is 0 Å². The summed E-state index contributed by atoms with van der Waals surface area (Å²) in [4.78, 5) is 26.5. The van der Waals surface area contributed by atoms with Crippen LogP contribution in [0.25, 0.3) is 0 Å². The van der Waals surface area contributed by atoms with E-state index in [9.17, 15) is 9.59 Å². The third-order valence-electron chi connectivity index (χ3n) is 4.65. The number of hydrogen-bond acceptors (Lipinski definition) is 3. The molecule has 1 aliphatic rings. The summed E-state index contributed by atoms with van der Waals surface area (Å²) >= 11 is 0. The summed E-state index contributed by atoms with van der Waals surface area (Å²) in [7, 11) is 0. The first kappa shape index (κ1) is 18.7. The number of nitrogens with zero attached hydrogens (tertiary/aromatic N) is 2. The van der Waals surface area contributed by atoms with Crippen molar-refractivity contribution in [3.05, 3.63) is 64.7 Å². The Bertz CT molecular complexity index is 895. The van der Waals surface area contributed by atoms with E-state index in [0.29, 0.717) is 30.0 Å². The fourth-order valence-electron chi connectivity index (χ4n) is 3.26. The van der Waals surface area contributed by atoms with Crippen molar-refractivity contribution < 1.29 is 9.59 Å². The molecule has 2 aromatic carbocycles. The van der Waals surface area contributed by atoms with E-state index in [1.54, 1.807) is 24.3 Å². The number of anilines is 1. The zero-order valence-electron chi connectivity index (χ0n) is 15.7. The number of nitriles is 1. The van der Waals surface area contributed by atoms with Crippen LogP contribution in [0.4, 0.5) is 5.69 Å². The van der Waals surface area contributed by atoms with Crippen molar-refractivity contribution in [3.8, 4) is 6.07 Å². The summed E-state index contributed by atoms with van der Waals surface area (Å²) in [6.07, 6.45) is 1.40. The molecule has 5 nitrogen and oxygen atoms in total. The summed E-state index contributed by atoms with van der Waals surface area (Å²) in [5.74, 6) is 0.345. The normalized spacial score (nSPS) is 12.6. The monoisotopic (exact) mass is 361 g/mol. The van der Waals surface area contributed by atoms with Crippen molar-refractivity contribution in [2.24, 2.45) is 5.92 Å². The number of carbonyl (C=O) groups is 2. The highest BCUT2D eigenvalue weighted by molar-refractivity contribution is 5.96. The number of carbonyl (C=O) groups excluding carboxylic acids is 2. The lowest BCUT2D eigenvalue weighted by molar-refractivity contribution is -0.119.